The number of rotatable bonds is 4. The van der Waals surface area contributed by atoms with Crippen LogP contribution in [0.4, 0.5) is 0 Å². The fourth-order valence-corrected chi connectivity index (χ4v) is 3.99. The van der Waals surface area contributed by atoms with Crippen molar-refractivity contribution in [2.75, 3.05) is 33.8 Å². The highest BCUT2D eigenvalue weighted by atomic mass is 16.5. The maximum atomic E-state index is 12.0. The van der Waals surface area contributed by atoms with Crippen molar-refractivity contribution in [3.8, 4) is 11.5 Å². The molecule has 3 atom stereocenters. The minimum Gasteiger partial charge on any atom is -0.375 e. The smallest absolute Gasteiger partial charge is 0.224 e. The lowest BCUT2D eigenvalue weighted by atomic mass is 10.1. The number of morpholine rings is 1. The van der Waals surface area contributed by atoms with E-state index in [1.165, 1.54) is 0 Å². The number of aromatic amines is 1. The quantitative estimate of drug-likeness (QED) is 0.885. The zero-order valence-corrected chi connectivity index (χ0v) is 15.6. The Labute approximate surface area is 153 Å². The van der Waals surface area contributed by atoms with Crippen LogP contribution in [0.5, 0.6) is 0 Å². The van der Waals surface area contributed by atoms with Gasteiger partial charge >= 0.3 is 0 Å². The molecule has 140 valence electrons. The first kappa shape index (κ1) is 17.2. The normalized spacial score (nSPS) is 26.0. The first-order valence-electron chi connectivity index (χ1n) is 9.12. The van der Waals surface area contributed by atoms with Gasteiger partial charge in [-0.1, -0.05) is 0 Å². The Morgan fingerprint density at radius 1 is 1.35 bits per heavy atom. The second kappa shape index (κ2) is 6.85. The molecular weight excluding hydrogens is 332 g/mol. The molecule has 2 aliphatic rings. The van der Waals surface area contributed by atoms with Crippen LogP contribution in [0.15, 0.2) is 18.7 Å². The summed E-state index contributed by atoms with van der Waals surface area (Å²) >= 11 is 0. The lowest BCUT2D eigenvalue weighted by molar-refractivity contribution is -0.134. The molecular formula is C18H26N6O2. The van der Waals surface area contributed by atoms with Gasteiger partial charge in [0.05, 0.1) is 25.5 Å². The van der Waals surface area contributed by atoms with E-state index in [9.17, 15) is 4.79 Å². The average Bonchev–Trinajstić information content (AvgIpc) is 3.31. The molecule has 2 aromatic rings. The summed E-state index contributed by atoms with van der Waals surface area (Å²) in [6.07, 6.45) is 7.05. The van der Waals surface area contributed by atoms with Crippen LogP contribution in [0, 0.1) is 6.92 Å². The van der Waals surface area contributed by atoms with E-state index in [2.05, 4.69) is 24.4 Å². The molecule has 0 saturated carbocycles. The van der Waals surface area contributed by atoms with Gasteiger partial charge in [0.15, 0.2) is 5.82 Å². The molecule has 0 bridgehead atoms. The second-order valence-electron chi connectivity index (χ2n) is 7.48. The third-order valence-corrected chi connectivity index (χ3v) is 5.47. The number of amides is 1. The summed E-state index contributed by atoms with van der Waals surface area (Å²) in [7, 11) is 3.58. The Morgan fingerprint density at radius 2 is 2.19 bits per heavy atom. The number of imidazole rings is 2. The monoisotopic (exact) mass is 358 g/mol. The Morgan fingerprint density at radius 3 is 2.92 bits per heavy atom. The van der Waals surface area contributed by atoms with E-state index in [1.54, 1.807) is 25.3 Å². The molecule has 2 aliphatic heterocycles. The Hall–Kier alpha value is -2.19. The zero-order valence-electron chi connectivity index (χ0n) is 15.6. The summed E-state index contributed by atoms with van der Waals surface area (Å²) in [6.45, 7) is 4.46. The topological polar surface area (TPSA) is 79.3 Å². The molecule has 8 nitrogen and oxygen atoms in total. The van der Waals surface area contributed by atoms with Crippen LogP contribution < -0.4 is 0 Å². The van der Waals surface area contributed by atoms with Gasteiger partial charge < -0.3 is 19.2 Å². The average molecular weight is 358 g/mol. The third kappa shape index (κ3) is 3.14. The Kier molecular flexibility index (Phi) is 4.54. The molecule has 1 amide bonds. The summed E-state index contributed by atoms with van der Waals surface area (Å²) in [4.78, 5) is 28.1. The number of hydrogen-bond donors (Lipinski definition) is 1. The van der Waals surface area contributed by atoms with Crippen molar-refractivity contribution in [1.29, 1.82) is 0 Å². The maximum Gasteiger partial charge on any atom is 0.224 e. The molecule has 4 rings (SSSR count). The van der Waals surface area contributed by atoms with Crippen LogP contribution in [-0.2, 0) is 9.53 Å². The van der Waals surface area contributed by atoms with E-state index in [0.29, 0.717) is 25.1 Å². The van der Waals surface area contributed by atoms with E-state index >= 15 is 0 Å². The van der Waals surface area contributed by atoms with Crippen molar-refractivity contribution < 1.29 is 9.53 Å². The third-order valence-electron chi connectivity index (χ3n) is 5.47. The maximum absolute atomic E-state index is 12.0. The van der Waals surface area contributed by atoms with Crippen molar-refractivity contribution in [2.24, 2.45) is 0 Å². The van der Waals surface area contributed by atoms with E-state index < -0.39 is 0 Å². The molecule has 0 spiro atoms. The van der Waals surface area contributed by atoms with Crippen LogP contribution in [0.25, 0.3) is 11.5 Å². The van der Waals surface area contributed by atoms with Gasteiger partial charge in [-0.15, -0.1) is 0 Å². The predicted octanol–water partition coefficient (Wildman–Crippen LogP) is 1.07. The second-order valence-corrected chi connectivity index (χ2v) is 7.48. The summed E-state index contributed by atoms with van der Waals surface area (Å²) in [6, 6.07) is 0.752. The summed E-state index contributed by atoms with van der Waals surface area (Å²) < 4.78 is 8.21. The van der Waals surface area contributed by atoms with E-state index in [1.807, 2.05) is 19.3 Å². The number of ether oxygens (including phenoxy) is 1. The first-order chi connectivity index (χ1) is 12.5. The molecule has 2 aromatic heterocycles. The van der Waals surface area contributed by atoms with E-state index in [-0.39, 0.29) is 12.0 Å². The molecule has 1 N–H and O–H groups in total. The van der Waals surface area contributed by atoms with Crippen molar-refractivity contribution in [3.63, 3.8) is 0 Å². The number of carbonyl (C=O) groups excluding carboxylic acids is 1. The zero-order chi connectivity index (χ0) is 18.3. The number of H-pyrrole nitrogens is 1. The summed E-state index contributed by atoms with van der Waals surface area (Å²) in [5.74, 6) is 1.03. The van der Waals surface area contributed by atoms with Gasteiger partial charge in [0, 0.05) is 57.4 Å². The molecule has 0 aromatic carbocycles. The van der Waals surface area contributed by atoms with Crippen LogP contribution in [0.3, 0.4) is 0 Å². The number of aryl methyl sites for hydroxylation is 1. The highest BCUT2D eigenvalue weighted by molar-refractivity contribution is 5.76. The lowest BCUT2D eigenvalue weighted by Crippen LogP contribution is -2.47. The van der Waals surface area contributed by atoms with Crippen LogP contribution in [0.1, 0.15) is 24.6 Å². The molecule has 2 fully saturated rings. The Bertz CT molecular complexity index is 782. The first-order valence-corrected chi connectivity index (χ1v) is 9.12. The molecule has 2 saturated heterocycles. The molecule has 0 radical (unpaired) electrons. The molecule has 8 heteroatoms. The van der Waals surface area contributed by atoms with Gasteiger partial charge in [-0.25, -0.2) is 9.97 Å². The van der Waals surface area contributed by atoms with Gasteiger partial charge in [-0.2, -0.15) is 0 Å². The number of nitrogens with one attached hydrogen (secondary N) is 1. The molecule has 4 heterocycles. The van der Waals surface area contributed by atoms with Crippen molar-refractivity contribution in [1.82, 2.24) is 29.3 Å². The molecule has 0 aliphatic carbocycles. The van der Waals surface area contributed by atoms with Crippen molar-refractivity contribution in [2.45, 2.75) is 38.0 Å². The van der Waals surface area contributed by atoms with Gasteiger partial charge in [0.1, 0.15) is 5.69 Å². The largest absolute Gasteiger partial charge is 0.375 e. The minimum atomic E-state index is -0.0178. The Balaban J connectivity index is 1.46. The highest BCUT2D eigenvalue weighted by Gasteiger charge is 2.39. The number of fused-ring (bicyclic) bond motifs is 1. The van der Waals surface area contributed by atoms with Crippen LogP contribution in [-0.4, -0.2) is 81.2 Å². The summed E-state index contributed by atoms with van der Waals surface area (Å²) in [5, 5.41) is 0. The van der Waals surface area contributed by atoms with Gasteiger partial charge in [-0.3, -0.25) is 9.69 Å². The molecule has 26 heavy (non-hydrogen) atoms. The van der Waals surface area contributed by atoms with Crippen LogP contribution in [0.2, 0.25) is 0 Å². The van der Waals surface area contributed by atoms with Gasteiger partial charge in [-0.05, 0) is 13.3 Å². The fraction of sp³-hybridized carbons (Fsp3) is 0.611. The number of aromatic nitrogens is 4. The highest BCUT2D eigenvalue weighted by Crippen LogP contribution is 2.33. The van der Waals surface area contributed by atoms with E-state index in [0.717, 1.165) is 36.7 Å². The van der Waals surface area contributed by atoms with Crippen molar-refractivity contribution >= 4 is 5.91 Å². The number of hydrogen-bond acceptors (Lipinski definition) is 5. The van der Waals surface area contributed by atoms with Gasteiger partial charge in [0.25, 0.3) is 0 Å². The fourth-order valence-electron chi connectivity index (χ4n) is 3.99. The minimum absolute atomic E-state index is 0.0178. The van der Waals surface area contributed by atoms with Crippen molar-refractivity contribution in [3.05, 3.63) is 24.4 Å². The predicted molar refractivity (Wildman–Crippen MR) is 96.6 cm³/mol. The standard InChI is InChI=1S/C18H26N6O2/c1-12-17(21-11-20-12)18-19-4-5-24(18)13-6-14-10-26-15(9-23(14)8-13)7-16(25)22(2)3/h4-5,11,13-15H,6-10H2,1-3H3,(H,20,21)/t13-,14+,15+/m1/s1. The SMILES string of the molecule is Cc1[nH]cnc1-c1nccn1[C@@H]1C[C@H]2CO[C@@H](CC(=O)N(C)C)CN2C1. The molecule has 0 unspecified atom stereocenters. The summed E-state index contributed by atoms with van der Waals surface area (Å²) in [5.41, 5.74) is 1.93. The van der Waals surface area contributed by atoms with Gasteiger partial charge in [0.2, 0.25) is 5.91 Å². The van der Waals surface area contributed by atoms with Crippen LogP contribution >= 0.6 is 0 Å². The van der Waals surface area contributed by atoms with E-state index in [4.69, 9.17) is 4.74 Å². The number of carbonyl (C=O) groups is 1. The number of nitrogens with zero attached hydrogens (tertiary/aromatic N) is 5. The lowest BCUT2D eigenvalue weighted by Gasteiger charge is -2.35.